The van der Waals surface area contributed by atoms with Gasteiger partial charge >= 0.3 is 5.97 Å². The fourth-order valence-corrected chi connectivity index (χ4v) is 11.6. The minimum Gasteiger partial charge on any atom is -0.454 e. The third-order valence-corrected chi connectivity index (χ3v) is 12.7. The van der Waals surface area contributed by atoms with Crippen molar-refractivity contribution in [1.82, 2.24) is 4.90 Å². The Morgan fingerprint density at radius 2 is 1.79 bits per heavy atom. The Morgan fingerprint density at radius 1 is 1.05 bits per heavy atom. The van der Waals surface area contributed by atoms with Crippen molar-refractivity contribution in [1.29, 1.82) is 0 Å². The van der Waals surface area contributed by atoms with Gasteiger partial charge in [-0.15, -0.1) is 0 Å². The van der Waals surface area contributed by atoms with Crippen LogP contribution in [0.25, 0.3) is 0 Å². The lowest BCUT2D eigenvalue weighted by Gasteiger charge is -2.71. The number of likely N-dealkylation sites (N-methyl/N-ethyl adjacent to an activating group) is 1. The molecular formula is C32H44N2O9. The van der Waals surface area contributed by atoms with E-state index in [1.165, 1.54) is 6.92 Å². The summed E-state index contributed by atoms with van der Waals surface area (Å²) in [6.07, 6.45) is 0.245. The van der Waals surface area contributed by atoms with Gasteiger partial charge in [0.1, 0.15) is 22.4 Å². The van der Waals surface area contributed by atoms with Crippen LogP contribution in [0.3, 0.4) is 0 Å². The molecule has 1 spiro atoms. The molecule has 0 radical (unpaired) electrons. The molecule has 12 atom stereocenters. The summed E-state index contributed by atoms with van der Waals surface area (Å²) in [5.74, 6) is -1.97. The van der Waals surface area contributed by atoms with E-state index < -0.39 is 63.9 Å². The maximum atomic E-state index is 14.0. The van der Waals surface area contributed by atoms with Crippen LogP contribution in [-0.4, -0.2) is 113 Å². The number of hydrogen-bond acceptors (Lipinski definition) is 10. The number of aliphatic hydroxyl groups is 3. The van der Waals surface area contributed by atoms with Crippen molar-refractivity contribution in [3.05, 3.63) is 29.8 Å². The highest BCUT2D eigenvalue weighted by atomic mass is 16.6. The first kappa shape index (κ1) is 29.6. The molecule has 6 unspecified atom stereocenters. The summed E-state index contributed by atoms with van der Waals surface area (Å²) >= 11 is 0. The average molecular weight is 601 g/mol. The number of methoxy groups -OCH3 is 3. The Hall–Kier alpha value is -2.12. The summed E-state index contributed by atoms with van der Waals surface area (Å²) in [5.41, 5.74) is -6.72. The number of carbonyl (C=O) groups excluding carboxylic acids is 2. The number of nitrogens with one attached hydrogen (secondary N) is 1. The van der Waals surface area contributed by atoms with Gasteiger partial charge in [0.15, 0.2) is 0 Å². The number of hydrogen-bond donors (Lipinski definition) is 4. The van der Waals surface area contributed by atoms with Crippen molar-refractivity contribution >= 4 is 17.6 Å². The average Bonchev–Trinajstić information content (AvgIpc) is 3.36. The topological polar surface area (TPSA) is 147 Å². The van der Waals surface area contributed by atoms with Crippen molar-refractivity contribution in [2.75, 3.05) is 39.7 Å². The van der Waals surface area contributed by atoms with Crippen molar-refractivity contribution in [2.24, 2.45) is 23.2 Å². The second-order valence-electron chi connectivity index (χ2n) is 13.9. The first-order valence-electron chi connectivity index (χ1n) is 15.5. The lowest BCUT2D eigenvalue weighted by molar-refractivity contribution is -0.369. The van der Waals surface area contributed by atoms with Crippen LogP contribution in [0.15, 0.2) is 24.3 Å². The van der Waals surface area contributed by atoms with Gasteiger partial charge in [-0.25, -0.2) is 4.79 Å². The quantitative estimate of drug-likeness (QED) is 0.338. The van der Waals surface area contributed by atoms with Gasteiger partial charge in [-0.2, -0.15) is 0 Å². The highest BCUT2D eigenvalue weighted by molar-refractivity contribution is 6.00. The molecule has 5 saturated carbocycles. The van der Waals surface area contributed by atoms with Gasteiger partial charge in [-0.3, -0.25) is 9.69 Å². The summed E-state index contributed by atoms with van der Waals surface area (Å²) in [6.45, 7) is 4.30. The number of amides is 1. The molecule has 0 aromatic heterocycles. The minimum atomic E-state index is -1.93. The molecule has 1 amide bonds. The summed E-state index contributed by atoms with van der Waals surface area (Å²) in [6, 6.07) is 6.23. The predicted molar refractivity (Wildman–Crippen MR) is 153 cm³/mol. The van der Waals surface area contributed by atoms with Gasteiger partial charge in [0.05, 0.1) is 35.6 Å². The molecule has 1 aromatic carbocycles. The van der Waals surface area contributed by atoms with Crippen LogP contribution in [-0.2, 0) is 23.7 Å². The maximum absolute atomic E-state index is 14.0. The van der Waals surface area contributed by atoms with Gasteiger partial charge in [-0.05, 0) is 44.4 Å². The smallest absolute Gasteiger partial charge is 0.340 e. The van der Waals surface area contributed by atoms with Crippen molar-refractivity contribution in [2.45, 2.75) is 92.7 Å². The SMILES string of the molecule is CCN1C[C@]2(OC(=O)c3ccccc3NC(C)=O)CCC(OC)C34[C@@H]1C(O)(C[C@@H]32)[C@@]1(O)CC(OC)C2C[C@@H]4[C@]1(O)C2OC. The van der Waals surface area contributed by atoms with Gasteiger partial charge in [-0.1, -0.05) is 19.1 Å². The number of ether oxygens (including phenoxy) is 4. The van der Waals surface area contributed by atoms with Crippen LogP contribution in [0.5, 0.6) is 0 Å². The zero-order valence-corrected chi connectivity index (χ0v) is 25.5. The molecule has 7 bridgehead atoms. The minimum absolute atomic E-state index is 0.0723. The zero-order chi connectivity index (χ0) is 30.7. The van der Waals surface area contributed by atoms with Crippen LogP contribution in [0, 0.1) is 23.2 Å². The number of para-hydroxylation sites is 1. The van der Waals surface area contributed by atoms with Crippen LogP contribution < -0.4 is 5.32 Å². The summed E-state index contributed by atoms with van der Waals surface area (Å²) in [5, 5.41) is 41.5. The number of likely N-dealkylation sites (tertiary alicyclic amines) is 1. The van der Waals surface area contributed by atoms with Gasteiger partial charge in [0.2, 0.25) is 5.91 Å². The van der Waals surface area contributed by atoms with Crippen molar-refractivity contribution in [3.8, 4) is 0 Å². The van der Waals surface area contributed by atoms with E-state index in [0.717, 1.165) is 0 Å². The Bertz CT molecular complexity index is 1340. The third-order valence-electron chi connectivity index (χ3n) is 12.7. The van der Waals surface area contributed by atoms with E-state index in [0.29, 0.717) is 38.0 Å². The molecule has 43 heavy (non-hydrogen) atoms. The summed E-state index contributed by atoms with van der Waals surface area (Å²) in [4.78, 5) is 28.1. The molecular weight excluding hydrogens is 556 g/mol. The summed E-state index contributed by atoms with van der Waals surface area (Å²) < 4.78 is 24.8. The van der Waals surface area contributed by atoms with E-state index in [-0.39, 0.29) is 36.3 Å². The van der Waals surface area contributed by atoms with Crippen LogP contribution in [0.1, 0.15) is 56.3 Å². The van der Waals surface area contributed by atoms with E-state index in [1.54, 1.807) is 45.6 Å². The first-order chi connectivity index (χ1) is 20.4. The largest absolute Gasteiger partial charge is 0.454 e. The fourth-order valence-electron chi connectivity index (χ4n) is 11.6. The van der Waals surface area contributed by atoms with E-state index >= 15 is 0 Å². The van der Waals surface area contributed by atoms with Crippen LogP contribution >= 0.6 is 0 Å². The zero-order valence-electron chi connectivity index (χ0n) is 25.5. The Morgan fingerprint density at radius 3 is 2.44 bits per heavy atom. The second kappa shape index (κ2) is 9.45. The molecule has 1 saturated heterocycles. The molecule has 6 aliphatic rings. The first-order valence-corrected chi connectivity index (χ1v) is 15.5. The molecule has 5 aliphatic carbocycles. The monoisotopic (exact) mass is 600 g/mol. The maximum Gasteiger partial charge on any atom is 0.340 e. The van der Waals surface area contributed by atoms with E-state index in [4.69, 9.17) is 18.9 Å². The number of anilines is 1. The lowest BCUT2D eigenvalue weighted by Crippen LogP contribution is -2.87. The number of piperidine rings is 1. The third kappa shape index (κ3) is 3.24. The highest BCUT2D eigenvalue weighted by Crippen LogP contribution is 2.80. The van der Waals surface area contributed by atoms with Crippen molar-refractivity contribution in [3.63, 3.8) is 0 Å². The van der Waals surface area contributed by atoms with Crippen LogP contribution in [0.2, 0.25) is 0 Å². The number of benzene rings is 1. The number of rotatable bonds is 7. The molecule has 1 aliphatic heterocycles. The Kier molecular flexibility index (Phi) is 6.50. The van der Waals surface area contributed by atoms with Gasteiger partial charge in [0, 0.05) is 64.4 Å². The standard InChI is InChI=1S/C32H44N2O9/c1-6-34-16-28(43-26(36)18-9-7-8-10-20(18)33-17(2)35)12-11-24(41-4)31-22-13-19-21(40-3)14-30(38,32(22,39)25(19)42-5)29(37,27(31)34)15-23(28)31/h7-10,19,21-25,27,37-39H,6,11-16H2,1-5H3,(H,33,35)/t19?,21?,22-,23+,24?,25?,27-,28+,29?,30-,31?,32-/m0/s1. The Balaban J connectivity index is 1.41. The molecule has 1 aromatic rings. The normalized spacial score (nSPS) is 49.1. The van der Waals surface area contributed by atoms with E-state index in [2.05, 4.69) is 10.2 Å². The molecule has 1 heterocycles. The van der Waals surface area contributed by atoms with Crippen molar-refractivity contribution < 1.29 is 43.9 Å². The molecule has 11 nitrogen and oxygen atoms in total. The number of nitrogens with zero attached hydrogens (tertiary/aromatic N) is 1. The predicted octanol–water partition coefficient (Wildman–Crippen LogP) is 1.34. The van der Waals surface area contributed by atoms with E-state index in [9.17, 15) is 24.9 Å². The molecule has 7 rings (SSSR count). The number of esters is 1. The molecule has 236 valence electrons. The highest BCUT2D eigenvalue weighted by Gasteiger charge is 2.93. The Labute approximate surface area is 251 Å². The number of fused-ring (bicyclic) bond motifs is 2. The number of carbonyl (C=O) groups is 2. The van der Waals surface area contributed by atoms with Gasteiger partial charge in [0.25, 0.3) is 0 Å². The fraction of sp³-hybridized carbons (Fsp3) is 0.750. The summed E-state index contributed by atoms with van der Waals surface area (Å²) in [7, 11) is 4.82. The molecule has 11 heteroatoms. The molecule has 6 fully saturated rings. The van der Waals surface area contributed by atoms with E-state index in [1.807, 2.05) is 6.92 Å². The molecule has 4 N–H and O–H groups in total. The van der Waals surface area contributed by atoms with Crippen LogP contribution in [0.4, 0.5) is 5.69 Å². The lowest BCUT2D eigenvalue weighted by atomic mass is 9.43. The second-order valence-corrected chi connectivity index (χ2v) is 13.9. The van der Waals surface area contributed by atoms with Gasteiger partial charge < -0.3 is 39.6 Å².